The summed E-state index contributed by atoms with van der Waals surface area (Å²) in [5, 5.41) is 6.55. The molecule has 1 rings (SSSR count). The quantitative estimate of drug-likeness (QED) is 0.691. The minimum absolute atomic E-state index is 0.136. The summed E-state index contributed by atoms with van der Waals surface area (Å²) in [6, 6.07) is 0. The van der Waals surface area contributed by atoms with E-state index in [0.29, 0.717) is 24.8 Å². The second kappa shape index (κ2) is 5.22. The highest BCUT2D eigenvalue weighted by Crippen LogP contribution is 1.94. The first-order valence-corrected chi connectivity index (χ1v) is 6.56. The number of hydrogen-bond acceptors (Lipinski definition) is 6. The second-order valence-corrected chi connectivity index (χ2v) is 5.62. The van der Waals surface area contributed by atoms with Crippen LogP contribution in [0, 0.1) is 6.92 Å². The van der Waals surface area contributed by atoms with E-state index in [0.717, 1.165) is 0 Å². The average Bonchev–Trinajstić information content (AvgIpc) is 2.59. The lowest BCUT2D eigenvalue weighted by atomic mass is 10.6. The smallest absolute Gasteiger partial charge is 0.240 e. The van der Waals surface area contributed by atoms with E-state index in [4.69, 9.17) is 4.52 Å². The van der Waals surface area contributed by atoms with Gasteiger partial charge in [-0.1, -0.05) is 12.1 Å². The van der Waals surface area contributed by atoms with Crippen LogP contribution in [0.2, 0.25) is 0 Å². The Bertz CT molecular complexity index is 399. The van der Waals surface area contributed by atoms with Crippen LogP contribution in [0.3, 0.4) is 0 Å². The van der Waals surface area contributed by atoms with Gasteiger partial charge in [-0.15, -0.1) is 0 Å². The van der Waals surface area contributed by atoms with Crippen molar-refractivity contribution < 1.29 is 12.9 Å². The molecule has 0 aliphatic heterocycles. The molecule has 0 fully saturated rings. The molecule has 0 atom stereocenters. The highest BCUT2D eigenvalue weighted by atomic mass is 32.2. The maximum absolute atomic E-state index is 11.1. The van der Waals surface area contributed by atoms with E-state index in [1.54, 1.807) is 13.8 Å². The summed E-state index contributed by atoms with van der Waals surface area (Å²) in [6.45, 7) is 4.17. The molecule has 1 heterocycles. The van der Waals surface area contributed by atoms with Crippen LogP contribution < -0.4 is 5.32 Å². The van der Waals surface area contributed by atoms with Crippen LogP contribution in [0.1, 0.15) is 18.6 Å². The van der Waals surface area contributed by atoms with Crippen LogP contribution in [0.5, 0.6) is 0 Å². The minimum atomic E-state index is -2.90. The van der Waals surface area contributed by atoms with Gasteiger partial charge in [-0.3, -0.25) is 0 Å². The van der Waals surface area contributed by atoms with E-state index in [2.05, 4.69) is 15.5 Å². The van der Waals surface area contributed by atoms with E-state index in [1.165, 1.54) is 0 Å². The van der Waals surface area contributed by atoms with Gasteiger partial charge in [0.1, 0.15) is 0 Å². The lowest BCUT2D eigenvalue weighted by Crippen LogP contribution is -2.23. The fraction of sp³-hybridized carbons (Fsp3) is 0.750. The Morgan fingerprint density at radius 2 is 2.20 bits per heavy atom. The Morgan fingerprint density at radius 3 is 2.73 bits per heavy atom. The van der Waals surface area contributed by atoms with Gasteiger partial charge in [0, 0.05) is 12.3 Å². The highest BCUT2D eigenvalue weighted by Gasteiger charge is 2.07. The largest absolute Gasteiger partial charge is 0.338 e. The molecule has 0 saturated carbocycles. The molecule has 0 spiro atoms. The number of rotatable bonds is 6. The topological polar surface area (TPSA) is 85.1 Å². The first-order valence-electron chi connectivity index (χ1n) is 4.74. The van der Waals surface area contributed by atoms with Gasteiger partial charge in [-0.2, -0.15) is 4.98 Å². The predicted octanol–water partition coefficient (Wildman–Crippen LogP) is -0.0977. The van der Waals surface area contributed by atoms with Gasteiger partial charge in [0.25, 0.3) is 0 Å². The van der Waals surface area contributed by atoms with Crippen LogP contribution >= 0.6 is 0 Å². The Balaban J connectivity index is 2.23. The summed E-state index contributed by atoms with van der Waals surface area (Å²) < 4.78 is 27.1. The van der Waals surface area contributed by atoms with Crippen molar-refractivity contribution in [2.24, 2.45) is 0 Å². The monoisotopic (exact) mass is 233 g/mol. The van der Waals surface area contributed by atoms with Crippen LogP contribution in [-0.2, 0) is 16.4 Å². The van der Waals surface area contributed by atoms with Crippen LogP contribution in [-0.4, -0.2) is 36.6 Å². The maximum atomic E-state index is 11.1. The standard InChI is InChI=1S/C8H15N3O3S/c1-3-15(12,13)5-4-9-6-8-10-7(2)11-14-8/h9H,3-6H2,1-2H3. The van der Waals surface area contributed by atoms with E-state index < -0.39 is 9.84 Å². The van der Waals surface area contributed by atoms with Crippen LogP contribution in [0.15, 0.2) is 4.52 Å². The van der Waals surface area contributed by atoms with Crippen molar-refractivity contribution in [2.45, 2.75) is 20.4 Å². The molecule has 0 saturated heterocycles. The third kappa shape index (κ3) is 4.39. The third-order valence-electron chi connectivity index (χ3n) is 1.88. The number of nitrogens with zero attached hydrogens (tertiary/aromatic N) is 2. The van der Waals surface area contributed by atoms with Gasteiger partial charge in [0.2, 0.25) is 5.89 Å². The van der Waals surface area contributed by atoms with Crippen molar-refractivity contribution in [3.05, 3.63) is 11.7 Å². The molecule has 1 N–H and O–H groups in total. The van der Waals surface area contributed by atoms with Crippen molar-refractivity contribution in [1.29, 1.82) is 0 Å². The SMILES string of the molecule is CCS(=O)(=O)CCNCc1nc(C)no1. The Kier molecular flexibility index (Phi) is 4.22. The maximum Gasteiger partial charge on any atom is 0.240 e. The molecule has 15 heavy (non-hydrogen) atoms. The third-order valence-corrected chi connectivity index (χ3v) is 3.58. The zero-order chi connectivity index (χ0) is 11.3. The molecular formula is C8H15N3O3S. The molecule has 0 radical (unpaired) electrons. The summed E-state index contributed by atoms with van der Waals surface area (Å²) in [7, 11) is -2.90. The number of sulfone groups is 1. The summed E-state index contributed by atoms with van der Waals surface area (Å²) in [4.78, 5) is 3.98. The summed E-state index contributed by atoms with van der Waals surface area (Å²) >= 11 is 0. The van der Waals surface area contributed by atoms with Gasteiger partial charge in [0.05, 0.1) is 12.3 Å². The molecule has 0 unspecified atom stereocenters. The van der Waals surface area contributed by atoms with Crippen molar-refractivity contribution in [2.75, 3.05) is 18.1 Å². The predicted molar refractivity (Wildman–Crippen MR) is 55.1 cm³/mol. The Labute approximate surface area is 89.0 Å². The molecule has 0 amide bonds. The number of aromatic nitrogens is 2. The Morgan fingerprint density at radius 1 is 1.47 bits per heavy atom. The van der Waals surface area contributed by atoms with E-state index >= 15 is 0 Å². The highest BCUT2D eigenvalue weighted by molar-refractivity contribution is 7.91. The van der Waals surface area contributed by atoms with Crippen molar-refractivity contribution in [3.8, 4) is 0 Å². The molecule has 0 bridgehead atoms. The molecule has 1 aromatic rings. The molecule has 0 aromatic carbocycles. The number of aryl methyl sites for hydroxylation is 1. The fourth-order valence-electron chi connectivity index (χ4n) is 0.979. The molecule has 6 nitrogen and oxygen atoms in total. The summed E-state index contributed by atoms with van der Waals surface area (Å²) in [6.07, 6.45) is 0. The average molecular weight is 233 g/mol. The zero-order valence-electron chi connectivity index (χ0n) is 8.86. The summed E-state index contributed by atoms with van der Waals surface area (Å²) in [5.41, 5.74) is 0. The minimum Gasteiger partial charge on any atom is -0.338 e. The van der Waals surface area contributed by atoms with Gasteiger partial charge in [-0.05, 0) is 6.92 Å². The molecule has 86 valence electrons. The molecule has 0 aliphatic rings. The second-order valence-electron chi connectivity index (χ2n) is 3.15. The zero-order valence-corrected chi connectivity index (χ0v) is 9.67. The molecule has 0 aliphatic carbocycles. The Hall–Kier alpha value is -0.950. The van der Waals surface area contributed by atoms with Crippen molar-refractivity contribution in [1.82, 2.24) is 15.5 Å². The lowest BCUT2D eigenvalue weighted by Gasteiger charge is -2.01. The lowest BCUT2D eigenvalue weighted by molar-refractivity contribution is 0.365. The van der Waals surface area contributed by atoms with Gasteiger partial charge < -0.3 is 9.84 Å². The first-order chi connectivity index (χ1) is 7.03. The van der Waals surface area contributed by atoms with Crippen LogP contribution in [0.4, 0.5) is 0 Å². The van der Waals surface area contributed by atoms with Gasteiger partial charge >= 0.3 is 0 Å². The normalized spacial score (nSPS) is 11.9. The molecule has 7 heteroatoms. The van der Waals surface area contributed by atoms with Gasteiger partial charge in [0.15, 0.2) is 15.7 Å². The first kappa shape index (κ1) is 12.1. The van der Waals surface area contributed by atoms with E-state index in [1.807, 2.05) is 0 Å². The van der Waals surface area contributed by atoms with Crippen LogP contribution in [0.25, 0.3) is 0 Å². The molecular weight excluding hydrogens is 218 g/mol. The number of hydrogen-bond donors (Lipinski definition) is 1. The van der Waals surface area contributed by atoms with E-state index in [9.17, 15) is 8.42 Å². The number of nitrogens with one attached hydrogen (secondary N) is 1. The summed E-state index contributed by atoms with van der Waals surface area (Å²) in [5.74, 6) is 1.36. The van der Waals surface area contributed by atoms with Crippen molar-refractivity contribution in [3.63, 3.8) is 0 Å². The van der Waals surface area contributed by atoms with Crippen molar-refractivity contribution >= 4 is 9.84 Å². The van der Waals surface area contributed by atoms with E-state index in [-0.39, 0.29) is 11.5 Å². The molecule has 1 aromatic heterocycles. The van der Waals surface area contributed by atoms with Gasteiger partial charge in [-0.25, -0.2) is 8.42 Å². The fourth-order valence-corrected chi connectivity index (χ4v) is 1.72.